The highest BCUT2D eigenvalue weighted by atomic mass is 127. The van der Waals surface area contributed by atoms with Crippen molar-refractivity contribution in [2.24, 2.45) is 4.99 Å². The Balaban J connectivity index is 1.88. The molecule has 0 unspecified atom stereocenters. The zero-order chi connectivity index (χ0) is 24.0. The van der Waals surface area contributed by atoms with Crippen LogP contribution in [0.1, 0.15) is 42.3 Å². The lowest BCUT2D eigenvalue weighted by atomic mass is 10.1. The summed E-state index contributed by atoms with van der Waals surface area (Å²) in [4.78, 5) is 30.7. The van der Waals surface area contributed by atoms with E-state index in [0.29, 0.717) is 36.1 Å². The number of carboxylic acids is 1. The van der Waals surface area contributed by atoms with Crippen LogP contribution in [0.4, 0.5) is 0 Å². The lowest BCUT2D eigenvalue weighted by Gasteiger charge is -2.15. The Morgan fingerprint density at radius 3 is 2.67 bits per heavy atom. The zero-order valence-corrected chi connectivity index (χ0v) is 21.6. The molecule has 7 nitrogen and oxygen atoms in total. The van der Waals surface area contributed by atoms with Gasteiger partial charge in [-0.1, -0.05) is 12.1 Å². The predicted octanol–water partition coefficient (Wildman–Crippen LogP) is 5.28. The number of thioether (sulfide) groups is 1. The second-order valence-electron chi connectivity index (χ2n) is 6.97. The fourth-order valence-corrected chi connectivity index (χ4v) is 5.10. The summed E-state index contributed by atoms with van der Waals surface area (Å²) in [5.74, 6) is 0.110. The Morgan fingerprint density at radius 1 is 1.21 bits per heavy atom. The monoisotopic (exact) mass is 580 g/mol. The number of likely N-dealkylation sites (N-methyl/N-ethyl adjacent to an activating group) is 1. The lowest BCUT2D eigenvalue weighted by molar-refractivity contribution is -0.122. The van der Waals surface area contributed by atoms with Gasteiger partial charge in [0.15, 0.2) is 16.7 Å². The van der Waals surface area contributed by atoms with Crippen LogP contribution >= 0.6 is 34.4 Å². The Morgan fingerprint density at radius 2 is 2.00 bits per heavy atom. The van der Waals surface area contributed by atoms with Crippen molar-refractivity contribution in [1.29, 1.82) is 0 Å². The minimum atomic E-state index is -0.980. The maximum atomic E-state index is 12.8. The molecule has 2 aromatic carbocycles. The first-order valence-electron chi connectivity index (χ1n) is 10.5. The molecule has 2 aromatic rings. The molecule has 0 radical (unpaired) electrons. The molecule has 1 N–H and O–H groups in total. The molecule has 1 aliphatic rings. The molecule has 1 fully saturated rings. The number of carbonyl (C=O) groups excluding carboxylic acids is 1. The smallest absolute Gasteiger partial charge is 0.335 e. The summed E-state index contributed by atoms with van der Waals surface area (Å²) in [6.07, 6.45) is 1.85. The van der Waals surface area contributed by atoms with Gasteiger partial charge in [0.2, 0.25) is 0 Å². The summed E-state index contributed by atoms with van der Waals surface area (Å²) in [7, 11) is 0. The number of carboxylic acid groups (broad SMARTS) is 1. The van der Waals surface area contributed by atoms with E-state index >= 15 is 0 Å². The third-order valence-electron chi connectivity index (χ3n) is 4.68. The number of amidine groups is 1. The third-order valence-corrected chi connectivity index (χ3v) is 6.53. The van der Waals surface area contributed by atoms with Gasteiger partial charge in [-0.15, -0.1) is 0 Å². The highest BCUT2D eigenvalue weighted by Crippen LogP contribution is 2.38. The van der Waals surface area contributed by atoms with Crippen LogP contribution in [0.25, 0.3) is 6.08 Å². The number of aliphatic imine (C=N–C) groups is 1. The molecule has 0 atom stereocenters. The molecule has 0 aromatic heterocycles. The quantitative estimate of drug-likeness (QED) is 0.321. The first-order valence-corrected chi connectivity index (χ1v) is 12.4. The summed E-state index contributed by atoms with van der Waals surface area (Å²) >= 11 is 3.55. The molecule has 1 heterocycles. The fraction of sp³-hybridized carbons (Fsp3) is 0.292. The van der Waals surface area contributed by atoms with Gasteiger partial charge in [0.1, 0.15) is 6.61 Å². The van der Waals surface area contributed by atoms with Crippen molar-refractivity contribution in [2.75, 3.05) is 19.7 Å². The van der Waals surface area contributed by atoms with Crippen LogP contribution in [-0.4, -0.2) is 46.7 Å². The molecule has 3 rings (SSSR count). The second-order valence-corrected chi connectivity index (χ2v) is 9.15. The van der Waals surface area contributed by atoms with Crippen LogP contribution in [0.15, 0.2) is 46.3 Å². The van der Waals surface area contributed by atoms with E-state index in [4.69, 9.17) is 9.47 Å². The average Bonchev–Trinajstić information content (AvgIpc) is 3.07. The van der Waals surface area contributed by atoms with E-state index < -0.39 is 5.97 Å². The molecule has 1 saturated heterocycles. The van der Waals surface area contributed by atoms with Gasteiger partial charge in [-0.2, -0.15) is 0 Å². The van der Waals surface area contributed by atoms with Gasteiger partial charge in [-0.25, -0.2) is 4.79 Å². The first-order chi connectivity index (χ1) is 15.9. The number of hydrogen-bond donors (Lipinski definition) is 1. The number of halogens is 1. The van der Waals surface area contributed by atoms with Crippen molar-refractivity contribution in [2.45, 2.75) is 27.4 Å². The van der Waals surface area contributed by atoms with Gasteiger partial charge in [0.05, 0.1) is 20.6 Å². The maximum absolute atomic E-state index is 12.8. The molecule has 0 aliphatic carbocycles. The maximum Gasteiger partial charge on any atom is 0.335 e. The van der Waals surface area contributed by atoms with E-state index in [9.17, 15) is 14.7 Å². The van der Waals surface area contributed by atoms with Crippen molar-refractivity contribution in [1.82, 2.24) is 4.90 Å². The number of rotatable bonds is 9. The Bertz CT molecular complexity index is 1120. The van der Waals surface area contributed by atoms with Crippen molar-refractivity contribution >= 4 is 57.5 Å². The van der Waals surface area contributed by atoms with Crippen LogP contribution in [0, 0.1) is 3.57 Å². The number of nitrogens with zero attached hydrogens (tertiary/aromatic N) is 2. The zero-order valence-electron chi connectivity index (χ0n) is 18.6. The SMILES string of the molecule is CCN=C1S/C(=C/c2cc(I)c(OCc3cccc(C(=O)O)c3)c(OCC)c2)C(=O)N1CC. The molecular weight excluding hydrogens is 555 g/mol. The number of carbonyl (C=O) groups is 2. The van der Waals surface area contributed by atoms with E-state index in [1.54, 1.807) is 23.1 Å². The molecule has 0 spiro atoms. The van der Waals surface area contributed by atoms with Crippen LogP contribution in [0.3, 0.4) is 0 Å². The number of benzene rings is 2. The molecule has 0 saturated carbocycles. The lowest BCUT2D eigenvalue weighted by Crippen LogP contribution is -2.28. The average molecular weight is 580 g/mol. The highest BCUT2D eigenvalue weighted by molar-refractivity contribution is 14.1. The van der Waals surface area contributed by atoms with Crippen molar-refractivity contribution in [3.05, 3.63) is 61.6 Å². The molecular formula is C24H25IN2O5S. The van der Waals surface area contributed by atoms with Gasteiger partial charge in [0, 0.05) is 13.1 Å². The predicted molar refractivity (Wildman–Crippen MR) is 139 cm³/mol. The van der Waals surface area contributed by atoms with Crippen LogP contribution in [0.2, 0.25) is 0 Å². The second kappa shape index (κ2) is 11.6. The fourth-order valence-electron chi connectivity index (χ4n) is 3.22. The van der Waals surface area contributed by atoms with Crippen molar-refractivity contribution < 1.29 is 24.2 Å². The Kier molecular flexibility index (Phi) is 8.79. The largest absolute Gasteiger partial charge is 0.490 e. The third kappa shape index (κ3) is 6.08. The van der Waals surface area contributed by atoms with E-state index in [1.807, 2.05) is 45.0 Å². The first kappa shape index (κ1) is 25.1. The van der Waals surface area contributed by atoms with E-state index in [2.05, 4.69) is 27.6 Å². The van der Waals surface area contributed by atoms with Crippen LogP contribution in [0.5, 0.6) is 11.5 Å². The normalized spacial score (nSPS) is 16.0. The van der Waals surface area contributed by atoms with E-state index in [1.165, 1.54) is 11.8 Å². The van der Waals surface area contributed by atoms with Crippen molar-refractivity contribution in [3.63, 3.8) is 0 Å². The molecule has 1 aliphatic heterocycles. The number of hydrogen-bond acceptors (Lipinski definition) is 6. The van der Waals surface area contributed by atoms with Gasteiger partial charge in [0.25, 0.3) is 5.91 Å². The minimum absolute atomic E-state index is 0.0543. The van der Waals surface area contributed by atoms with Gasteiger partial charge >= 0.3 is 5.97 Å². The van der Waals surface area contributed by atoms with Crippen LogP contribution < -0.4 is 9.47 Å². The van der Waals surface area contributed by atoms with Gasteiger partial charge in [-0.3, -0.25) is 14.7 Å². The standard InChI is InChI=1S/C24H25IN2O5S/c1-4-26-24-27(5-2)22(28)20(33-24)13-16-11-18(25)21(19(12-16)31-6-3)32-14-15-8-7-9-17(10-15)23(29)30/h7-13H,4-6,14H2,1-3H3,(H,29,30)/b20-13+,26-24?. The Labute approximate surface area is 211 Å². The van der Waals surface area contributed by atoms with Gasteiger partial charge < -0.3 is 14.6 Å². The molecule has 174 valence electrons. The minimum Gasteiger partial charge on any atom is -0.490 e. The van der Waals surface area contributed by atoms with Crippen LogP contribution in [-0.2, 0) is 11.4 Å². The Hall–Kier alpha value is -2.53. The molecule has 33 heavy (non-hydrogen) atoms. The topological polar surface area (TPSA) is 88.4 Å². The molecule has 9 heteroatoms. The summed E-state index contributed by atoms with van der Waals surface area (Å²) < 4.78 is 12.7. The summed E-state index contributed by atoms with van der Waals surface area (Å²) in [6.45, 7) is 7.61. The molecule has 0 bridgehead atoms. The number of ether oxygens (including phenoxy) is 2. The van der Waals surface area contributed by atoms with E-state index in [-0.39, 0.29) is 18.1 Å². The van der Waals surface area contributed by atoms with E-state index in [0.717, 1.165) is 19.9 Å². The summed E-state index contributed by atoms with van der Waals surface area (Å²) in [6, 6.07) is 10.4. The summed E-state index contributed by atoms with van der Waals surface area (Å²) in [5.41, 5.74) is 1.78. The number of aromatic carboxylic acids is 1. The number of amides is 1. The molecule has 1 amide bonds. The van der Waals surface area contributed by atoms with Gasteiger partial charge in [-0.05, 0) is 96.6 Å². The highest BCUT2D eigenvalue weighted by Gasteiger charge is 2.32. The summed E-state index contributed by atoms with van der Waals surface area (Å²) in [5, 5.41) is 9.92. The van der Waals surface area contributed by atoms with Crippen molar-refractivity contribution in [3.8, 4) is 11.5 Å².